The molecule has 0 aliphatic rings. The molecule has 0 N–H and O–H groups in total. The fraction of sp³-hybridized carbons (Fsp3) is 0.0952. The van der Waals surface area contributed by atoms with Crippen LogP contribution in [0.15, 0.2) is 70.2 Å². The molecule has 2 aromatic carbocycles. The van der Waals surface area contributed by atoms with Crippen LogP contribution in [0.2, 0.25) is 5.02 Å². The van der Waals surface area contributed by atoms with Crippen LogP contribution in [0.1, 0.15) is 33.4 Å². The molecule has 3 aromatic rings. The molecular formula is C21H16ClNO5. The van der Waals surface area contributed by atoms with Crippen LogP contribution in [-0.2, 0) is 9.57 Å². The van der Waals surface area contributed by atoms with Gasteiger partial charge in [0.15, 0.2) is 5.76 Å². The van der Waals surface area contributed by atoms with E-state index in [0.717, 1.165) is 11.8 Å². The van der Waals surface area contributed by atoms with Crippen molar-refractivity contribution in [1.82, 2.24) is 0 Å². The van der Waals surface area contributed by atoms with E-state index >= 15 is 0 Å². The van der Waals surface area contributed by atoms with Crippen molar-refractivity contribution in [2.45, 2.75) is 6.92 Å². The molecule has 0 saturated heterocycles. The Morgan fingerprint density at radius 1 is 1.07 bits per heavy atom. The maximum atomic E-state index is 12.2. The number of halogens is 1. The van der Waals surface area contributed by atoms with Gasteiger partial charge in [0, 0.05) is 10.6 Å². The standard InChI is InChI=1S/C21H16ClNO5/c1-2-26-21(25)17-12-18(14-8-10-16(22)11-9-14)27-19(17)13-23-28-20(24)15-6-4-3-5-7-15/h3-13H,2H2,1H3/b23-13+. The highest BCUT2D eigenvalue weighted by molar-refractivity contribution is 6.30. The van der Waals surface area contributed by atoms with E-state index in [2.05, 4.69) is 5.16 Å². The zero-order valence-corrected chi connectivity index (χ0v) is 15.7. The van der Waals surface area contributed by atoms with E-state index < -0.39 is 11.9 Å². The van der Waals surface area contributed by atoms with Gasteiger partial charge >= 0.3 is 11.9 Å². The second-order valence-corrected chi connectivity index (χ2v) is 6.03. The summed E-state index contributed by atoms with van der Waals surface area (Å²) < 4.78 is 10.8. The molecule has 1 heterocycles. The molecule has 0 amide bonds. The monoisotopic (exact) mass is 397 g/mol. The van der Waals surface area contributed by atoms with E-state index in [1.54, 1.807) is 67.6 Å². The predicted molar refractivity (Wildman–Crippen MR) is 105 cm³/mol. The number of benzene rings is 2. The Labute approximate surface area is 166 Å². The molecule has 7 heteroatoms. The van der Waals surface area contributed by atoms with Gasteiger partial charge in [-0.2, -0.15) is 0 Å². The molecule has 142 valence electrons. The van der Waals surface area contributed by atoms with Crippen molar-refractivity contribution >= 4 is 29.8 Å². The first-order chi connectivity index (χ1) is 13.6. The lowest BCUT2D eigenvalue weighted by atomic mass is 10.1. The van der Waals surface area contributed by atoms with Crippen molar-refractivity contribution in [2.75, 3.05) is 6.61 Å². The Balaban J connectivity index is 1.84. The van der Waals surface area contributed by atoms with E-state index in [-0.39, 0.29) is 17.9 Å². The molecule has 0 aliphatic heterocycles. The van der Waals surface area contributed by atoms with Gasteiger partial charge in [0.25, 0.3) is 0 Å². The first kappa shape index (κ1) is 19.4. The molecule has 28 heavy (non-hydrogen) atoms. The number of nitrogens with zero attached hydrogens (tertiary/aromatic N) is 1. The lowest BCUT2D eigenvalue weighted by Crippen LogP contribution is -2.06. The fourth-order valence-corrected chi connectivity index (χ4v) is 2.50. The normalized spacial score (nSPS) is 10.8. The summed E-state index contributed by atoms with van der Waals surface area (Å²) >= 11 is 5.90. The van der Waals surface area contributed by atoms with Crippen LogP contribution in [0.4, 0.5) is 0 Å². The lowest BCUT2D eigenvalue weighted by Gasteiger charge is -1.99. The van der Waals surface area contributed by atoms with Crippen molar-refractivity contribution in [2.24, 2.45) is 5.16 Å². The van der Waals surface area contributed by atoms with E-state index in [4.69, 9.17) is 25.6 Å². The quantitative estimate of drug-likeness (QED) is 0.254. The minimum atomic E-state index is -0.626. The van der Waals surface area contributed by atoms with Crippen molar-refractivity contribution in [3.8, 4) is 11.3 Å². The highest BCUT2D eigenvalue weighted by Crippen LogP contribution is 2.27. The van der Waals surface area contributed by atoms with Crippen LogP contribution in [0.3, 0.4) is 0 Å². The van der Waals surface area contributed by atoms with Crippen LogP contribution < -0.4 is 0 Å². The Morgan fingerprint density at radius 2 is 1.79 bits per heavy atom. The van der Waals surface area contributed by atoms with Crippen molar-refractivity contribution in [1.29, 1.82) is 0 Å². The zero-order valence-electron chi connectivity index (χ0n) is 14.9. The third-order valence-corrected chi connectivity index (χ3v) is 3.95. The van der Waals surface area contributed by atoms with Gasteiger partial charge in [0.1, 0.15) is 17.5 Å². The summed E-state index contributed by atoms with van der Waals surface area (Å²) in [5.74, 6) is -0.652. The molecular weight excluding hydrogens is 382 g/mol. The first-order valence-corrected chi connectivity index (χ1v) is 8.83. The summed E-state index contributed by atoms with van der Waals surface area (Å²) in [6.45, 7) is 1.91. The molecule has 1 aromatic heterocycles. The lowest BCUT2D eigenvalue weighted by molar-refractivity contribution is 0.0516. The number of ether oxygens (including phenoxy) is 1. The molecule has 0 atom stereocenters. The second-order valence-electron chi connectivity index (χ2n) is 5.60. The summed E-state index contributed by atoms with van der Waals surface area (Å²) in [4.78, 5) is 29.0. The van der Waals surface area contributed by atoms with Crippen LogP contribution in [0.5, 0.6) is 0 Å². The maximum Gasteiger partial charge on any atom is 0.365 e. The first-order valence-electron chi connectivity index (χ1n) is 8.45. The molecule has 3 rings (SSSR count). The van der Waals surface area contributed by atoms with Gasteiger partial charge in [-0.15, -0.1) is 0 Å². The summed E-state index contributed by atoms with van der Waals surface area (Å²) in [5, 5.41) is 4.22. The van der Waals surface area contributed by atoms with Gasteiger partial charge in [-0.05, 0) is 49.4 Å². The topological polar surface area (TPSA) is 78.1 Å². The van der Waals surface area contributed by atoms with Gasteiger partial charge < -0.3 is 14.0 Å². The number of carbonyl (C=O) groups excluding carboxylic acids is 2. The molecule has 0 aliphatic carbocycles. The summed E-state index contributed by atoms with van der Waals surface area (Å²) in [6, 6.07) is 16.9. The number of furan rings is 1. The number of esters is 1. The molecule has 0 bridgehead atoms. The van der Waals surface area contributed by atoms with E-state index in [1.165, 1.54) is 0 Å². The van der Waals surface area contributed by atoms with Crippen molar-refractivity contribution in [3.05, 3.63) is 82.6 Å². The molecule has 6 nitrogen and oxygen atoms in total. The summed E-state index contributed by atoms with van der Waals surface area (Å²) in [5.41, 5.74) is 1.24. The number of rotatable bonds is 6. The smallest absolute Gasteiger partial charge is 0.365 e. The van der Waals surface area contributed by atoms with Crippen molar-refractivity contribution in [3.63, 3.8) is 0 Å². The molecule has 0 saturated carbocycles. The Kier molecular flexibility index (Phi) is 6.24. The van der Waals surface area contributed by atoms with Crippen LogP contribution in [-0.4, -0.2) is 24.8 Å². The van der Waals surface area contributed by atoms with Crippen LogP contribution >= 0.6 is 11.6 Å². The van der Waals surface area contributed by atoms with Crippen LogP contribution in [0.25, 0.3) is 11.3 Å². The van der Waals surface area contributed by atoms with Gasteiger partial charge in [-0.1, -0.05) is 35.0 Å². The Bertz CT molecular complexity index is 993. The Hall–Kier alpha value is -3.38. The number of hydrogen-bond donors (Lipinski definition) is 0. The van der Waals surface area contributed by atoms with Gasteiger partial charge in [-0.3, -0.25) is 0 Å². The third kappa shape index (κ3) is 4.66. The van der Waals surface area contributed by atoms with Gasteiger partial charge in [0.05, 0.1) is 12.2 Å². The largest absolute Gasteiger partial charge is 0.462 e. The van der Waals surface area contributed by atoms with Gasteiger partial charge in [0.2, 0.25) is 0 Å². The molecule has 0 spiro atoms. The third-order valence-electron chi connectivity index (χ3n) is 3.70. The second kappa shape index (κ2) is 9.01. The SMILES string of the molecule is CCOC(=O)c1cc(-c2ccc(Cl)cc2)oc1/C=N/OC(=O)c1ccccc1. The molecule has 0 fully saturated rings. The maximum absolute atomic E-state index is 12.2. The predicted octanol–water partition coefficient (Wildman–Crippen LogP) is 4.97. The zero-order chi connectivity index (χ0) is 19.9. The highest BCUT2D eigenvalue weighted by Gasteiger charge is 2.19. The minimum absolute atomic E-state index is 0.115. The minimum Gasteiger partial charge on any atom is -0.462 e. The summed E-state index contributed by atoms with van der Waals surface area (Å²) in [6.07, 6.45) is 1.16. The highest BCUT2D eigenvalue weighted by atomic mass is 35.5. The van der Waals surface area contributed by atoms with E-state index in [9.17, 15) is 9.59 Å². The van der Waals surface area contributed by atoms with Crippen molar-refractivity contribution < 1.29 is 23.6 Å². The molecule has 0 unspecified atom stereocenters. The average molecular weight is 398 g/mol. The van der Waals surface area contributed by atoms with E-state index in [0.29, 0.717) is 16.3 Å². The summed E-state index contributed by atoms with van der Waals surface area (Å²) in [7, 11) is 0. The van der Waals surface area contributed by atoms with E-state index in [1.807, 2.05) is 0 Å². The molecule has 0 radical (unpaired) electrons. The number of carbonyl (C=O) groups is 2. The fourth-order valence-electron chi connectivity index (χ4n) is 2.37. The van der Waals surface area contributed by atoms with Crippen LogP contribution in [0, 0.1) is 0 Å². The number of hydrogen-bond acceptors (Lipinski definition) is 6. The number of oxime groups is 1. The van der Waals surface area contributed by atoms with Gasteiger partial charge in [-0.25, -0.2) is 9.59 Å². The average Bonchev–Trinajstić information content (AvgIpc) is 3.13. The Morgan fingerprint density at radius 3 is 2.46 bits per heavy atom.